The highest BCUT2D eigenvalue weighted by Gasteiger charge is 2.18. The zero-order valence-electron chi connectivity index (χ0n) is 16.1. The van der Waals surface area contributed by atoms with E-state index in [2.05, 4.69) is 11.1 Å². The lowest BCUT2D eigenvalue weighted by atomic mass is 9.97. The van der Waals surface area contributed by atoms with E-state index in [0.717, 1.165) is 0 Å². The van der Waals surface area contributed by atoms with Gasteiger partial charge in [0.05, 0.1) is 27.0 Å². The summed E-state index contributed by atoms with van der Waals surface area (Å²) >= 11 is 0. The van der Waals surface area contributed by atoms with Crippen molar-refractivity contribution in [2.45, 2.75) is 0 Å². The number of phenols is 2. The molecule has 0 atom stereocenters. The fraction of sp³-hybridized carbons (Fsp3) is 0.143. The number of nitrogens with zero attached hydrogens (tertiary/aromatic N) is 2. The Hall–Kier alpha value is -4.12. The molecule has 0 saturated carbocycles. The normalized spacial score (nSPS) is 10.3. The first-order valence-corrected chi connectivity index (χ1v) is 8.46. The van der Waals surface area contributed by atoms with Crippen LogP contribution in [0, 0.1) is 11.3 Å². The molecule has 0 bridgehead atoms. The van der Waals surface area contributed by atoms with Gasteiger partial charge in [0.2, 0.25) is 5.75 Å². The molecule has 4 N–H and O–H groups in total. The smallest absolute Gasteiger partial charge is 0.200 e. The van der Waals surface area contributed by atoms with Crippen LogP contribution in [-0.2, 0) is 0 Å². The first kappa shape index (κ1) is 19.6. The van der Waals surface area contributed by atoms with Crippen molar-refractivity contribution < 1.29 is 24.4 Å². The molecule has 29 heavy (non-hydrogen) atoms. The minimum Gasteiger partial charge on any atom is -0.504 e. The second-order valence-electron chi connectivity index (χ2n) is 6.04. The molecule has 3 aromatic rings. The Labute approximate surface area is 167 Å². The maximum atomic E-state index is 10.2. The number of nitriles is 1. The van der Waals surface area contributed by atoms with Crippen LogP contribution in [0.4, 0.5) is 5.82 Å². The van der Waals surface area contributed by atoms with Gasteiger partial charge in [-0.05, 0) is 42.0 Å². The Kier molecular flexibility index (Phi) is 5.32. The van der Waals surface area contributed by atoms with E-state index in [1.54, 1.807) is 30.3 Å². The van der Waals surface area contributed by atoms with Gasteiger partial charge in [-0.15, -0.1) is 0 Å². The molecule has 8 heteroatoms. The lowest BCUT2D eigenvalue weighted by Gasteiger charge is -2.14. The van der Waals surface area contributed by atoms with Gasteiger partial charge in [0.15, 0.2) is 23.0 Å². The van der Waals surface area contributed by atoms with E-state index in [1.165, 1.54) is 27.4 Å². The molecule has 0 fully saturated rings. The van der Waals surface area contributed by atoms with Crippen LogP contribution in [0.3, 0.4) is 0 Å². The number of nitrogen functional groups attached to an aromatic ring is 1. The maximum Gasteiger partial charge on any atom is 0.200 e. The van der Waals surface area contributed by atoms with Crippen LogP contribution in [0.5, 0.6) is 28.7 Å². The lowest BCUT2D eigenvalue weighted by molar-refractivity contribution is 0.340. The molecule has 2 aromatic carbocycles. The van der Waals surface area contributed by atoms with E-state index in [1.807, 2.05) is 0 Å². The third-order valence-electron chi connectivity index (χ3n) is 4.43. The first-order valence-electron chi connectivity index (χ1n) is 8.46. The van der Waals surface area contributed by atoms with E-state index in [0.29, 0.717) is 22.4 Å². The predicted octanol–water partition coefficient (Wildman–Crippen LogP) is 3.31. The van der Waals surface area contributed by atoms with Gasteiger partial charge in [-0.1, -0.05) is 0 Å². The molecule has 3 rings (SSSR count). The molecule has 0 aliphatic carbocycles. The van der Waals surface area contributed by atoms with Crippen LogP contribution in [0.15, 0.2) is 36.4 Å². The van der Waals surface area contributed by atoms with Gasteiger partial charge in [0.25, 0.3) is 0 Å². The Morgan fingerprint density at radius 2 is 1.48 bits per heavy atom. The number of ether oxygens (including phenoxy) is 3. The van der Waals surface area contributed by atoms with E-state index < -0.39 is 0 Å². The molecular formula is C21H19N3O5. The average molecular weight is 393 g/mol. The van der Waals surface area contributed by atoms with Gasteiger partial charge in [-0.2, -0.15) is 5.26 Å². The minimum atomic E-state index is -0.150. The number of aromatic nitrogens is 1. The van der Waals surface area contributed by atoms with E-state index in [9.17, 15) is 15.5 Å². The second-order valence-corrected chi connectivity index (χ2v) is 6.04. The maximum absolute atomic E-state index is 10.2. The number of pyridine rings is 1. The molecule has 0 saturated heterocycles. The molecule has 148 valence electrons. The quantitative estimate of drug-likeness (QED) is 0.602. The molecule has 0 unspecified atom stereocenters. The summed E-state index contributed by atoms with van der Waals surface area (Å²) in [4.78, 5) is 4.31. The van der Waals surface area contributed by atoms with Gasteiger partial charge < -0.3 is 30.2 Å². The number of hydrogen-bond donors (Lipinski definition) is 3. The monoisotopic (exact) mass is 393 g/mol. The summed E-state index contributed by atoms with van der Waals surface area (Å²) in [6, 6.07) is 11.7. The molecule has 0 radical (unpaired) electrons. The van der Waals surface area contributed by atoms with Crippen molar-refractivity contribution in [3.8, 4) is 57.2 Å². The number of phenolic OH excluding ortho intramolecular Hbond substituents is 2. The highest BCUT2D eigenvalue weighted by atomic mass is 16.5. The van der Waals surface area contributed by atoms with Crippen molar-refractivity contribution in [1.82, 2.24) is 4.98 Å². The van der Waals surface area contributed by atoms with Crippen LogP contribution < -0.4 is 19.9 Å². The highest BCUT2D eigenvalue weighted by Crippen LogP contribution is 2.42. The van der Waals surface area contributed by atoms with Crippen molar-refractivity contribution >= 4 is 5.82 Å². The Balaban J connectivity index is 2.26. The fourth-order valence-corrected chi connectivity index (χ4v) is 2.94. The number of benzene rings is 2. The predicted molar refractivity (Wildman–Crippen MR) is 107 cm³/mol. The molecule has 1 heterocycles. The summed E-state index contributed by atoms with van der Waals surface area (Å²) in [6.07, 6.45) is 0. The zero-order valence-corrected chi connectivity index (χ0v) is 16.1. The standard InChI is InChI=1S/C21H19N3O5/c1-27-17-6-11(4-5-16(17)25)15-9-13(14(10-22)21(23)24-15)12-7-18(28-2)20(26)19(8-12)29-3/h4-9,25-26H,1-3H3,(H2,23,24). The van der Waals surface area contributed by atoms with Crippen molar-refractivity contribution in [3.05, 3.63) is 42.0 Å². The number of aromatic hydroxyl groups is 2. The van der Waals surface area contributed by atoms with Gasteiger partial charge in [0, 0.05) is 11.1 Å². The molecule has 1 aromatic heterocycles. The van der Waals surface area contributed by atoms with E-state index in [-0.39, 0.29) is 40.1 Å². The van der Waals surface area contributed by atoms with Crippen molar-refractivity contribution in [3.63, 3.8) is 0 Å². The van der Waals surface area contributed by atoms with Gasteiger partial charge in [-0.3, -0.25) is 0 Å². The summed E-state index contributed by atoms with van der Waals surface area (Å²) < 4.78 is 15.6. The Morgan fingerprint density at radius 1 is 0.897 bits per heavy atom. The van der Waals surface area contributed by atoms with E-state index in [4.69, 9.17) is 19.9 Å². The SMILES string of the molecule is COc1cc(-c2cc(-c3cc(OC)c(O)c(OC)c3)c(C#N)c(N)n2)ccc1O. The minimum absolute atomic E-state index is 0.00824. The summed E-state index contributed by atoms with van der Waals surface area (Å²) in [5, 5.41) is 29.6. The number of nitrogens with two attached hydrogens (primary N) is 1. The third kappa shape index (κ3) is 3.53. The van der Waals surface area contributed by atoms with Crippen LogP contribution >= 0.6 is 0 Å². The molecule has 0 aliphatic rings. The number of anilines is 1. The summed E-state index contributed by atoms with van der Waals surface area (Å²) in [5.41, 5.74) is 8.37. The largest absolute Gasteiger partial charge is 0.504 e. The van der Waals surface area contributed by atoms with Crippen LogP contribution in [0.25, 0.3) is 22.4 Å². The fourth-order valence-electron chi connectivity index (χ4n) is 2.94. The second kappa shape index (κ2) is 7.86. The van der Waals surface area contributed by atoms with E-state index >= 15 is 0 Å². The average Bonchev–Trinajstić information content (AvgIpc) is 2.73. The molecule has 0 aliphatic heterocycles. The van der Waals surface area contributed by atoms with Crippen LogP contribution in [-0.4, -0.2) is 36.5 Å². The number of rotatable bonds is 5. The van der Waals surface area contributed by atoms with Crippen LogP contribution in [0.2, 0.25) is 0 Å². The number of methoxy groups -OCH3 is 3. The summed E-state index contributed by atoms with van der Waals surface area (Å²) in [6.45, 7) is 0. The summed E-state index contributed by atoms with van der Waals surface area (Å²) in [5.74, 6) is 0.534. The first-order chi connectivity index (χ1) is 13.9. The molecular weight excluding hydrogens is 374 g/mol. The van der Waals surface area contributed by atoms with Gasteiger partial charge >= 0.3 is 0 Å². The van der Waals surface area contributed by atoms with Crippen molar-refractivity contribution in [2.24, 2.45) is 0 Å². The summed E-state index contributed by atoms with van der Waals surface area (Å²) in [7, 11) is 4.27. The Bertz CT molecular complexity index is 1100. The third-order valence-corrected chi connectivity index (χ3v) is 4.43. The molecule has 0 spiro atoms. The van der Waals surface area contributed by atoms with Crippen LogP contribution in [0.1, 0.15) is 5.56 Å². The van der Waals surface area contributed by atoms with Crippen molar-refractivity contribution in [2.75, 3.05) is 27.1 Å². The van der Waals surface area contributed by atoms with Crippen molar-refractivity contribution in [1.29, 1.82) is 5.26 Å². The zero-order chi connectivity index (χ0) is 21.1. The topological polar surface area (TPSA) is 131 Å². The Morgan fingerprint density at radius 3 is 2.03 bits per heavy atom. The molecule has 0 amide bonds. The molecule has 8 nitrogen and oxygen atoms in total. The van der Waals surface area contributed by atoms with Gasteiger partial charge in [-0.25, -0.2) is 4.98 Å². The highest BCUT2D eigenvalue weighted by molar-refractivity contribution is 5.82. The lowest BCUT2D eigenvalue weighted by Crippen LogP contribution is -2.00. The van der Waals surface area contributed by atoms with Gasteiger partial charge in [0.1, 0.15) is 17.5 Å². The number of hydrogen-bond acceptors (Lipinski definition) is 8.